The smallest absolute Gasteiger partial charge is 0.460 e. The molecule has 720 valence electrons. The Hall–Kier alpha value is -16.7. The Balaban J connectivity index is 1.04. The van der Waals surface area contributed by atoms with Gasteiger partial charge in [0.15, 0.2) is 69.0 Å². The van der Waals surface area contributed by atoms with Crippen molar-refractivity contribution in [1.82, 2.24) is 0 Å². The first-order valence-electron chi connectivity index (χ1n) is 40.6. The molecule has 0 spiro atoms. The van der Waals surface area contributed by atoms with Crippen LogP contribution < -0.4 is 141 Å². The molecule has 1 aliphatic heterocycles. The second kappa shape index (κ2) is 44.5. The van der Waals surface area contributed by atoms with E-state index in [9.17, 15) is 28.8 Å². The third-order valence-electron chi connectivity index (χ3n) is 19.6. The van der Waals surface area contributed by atoms with E-state index < -0.39 is 58.8 Å². The van der Waals surface area contributed by atoms with Gasteiger partial charge in [0, 0.05) is 0 Å². The minimum Gasteiger partial charge on any atom is -0.493 e. The predicted octanol–water partition coefficient (Wildman–Crippen LogP) is 19.8. The number of ether oxygens (including phenoxy) is 24. The molecule has 1 aliphatic rings. The maximum atomic E-state index is 14.2. The van der Waals surface area contributed by atoms with Crippen LogP contribution in [0.1, 0.15) is 62.1 Å². The molecule has 42 heteroatoms. The molecular weight excluding hydrogens is 1860 g/mol. The minimum atomic E-state index is -5.12. The first-order chi connectivity index (χ1) is 66.7. The highest BCUT2D eigenvalue weighted by atomic mass is 31.3. The Labute approximate surface area is 790 Å². The molecule has 0 fully saturated rings. The largest absolute Gasteiger partial charge is 0.493 e. The van der Waals surface area contributed by atoms with Crippen LogP contribution in [0.3, 0.4) is 0 Å². The number of esters is 6. The van der Waals surface area contributed by atoms with Crippen LogP contribution in [-0.4, -0.2) is 164 Å². The van der Waals surface area contributed by atoms with Crippen molar-refractivity contribution in [3.8, 4) is 172 Å². The van der Waals surface area contributed by atoms with E-state index in [1.807, 2.05) is 0 Å². The Morgan fingerprint density at radius 2 is 0.261 bits per heavy atom. The summed E-state index contributed by atoms with van der Waals surface area (Å²) in [6, 6.07) is 49.7. The Bertz CT molecular complexity index is 5500. The van der Waals surface area contributed by atoms with Crippen molar-refractivity contribution in [2.75, 3.05) is 128 Å². The van der Waals surface area contributed by atoms with Gasteiger partial charge in [0.05, 0.1) is 161 Å². The van der Waals surface area contributed by atoms with E-state index >= 15 is 0 Å². The highest BCUT2D eigenvalue weighted by molar-refractivity contribution is 7.79. The number of hydrogen-bond donors (Lipinski definition) is 0. The summed E-state index contributed by atoms with van der Waals surface area (Å²) in [5.74, 6) is -3.43. The number of benzene rings is 12. The summed E-state index contributed by atoms with van der Waals surface area (Å²) in [5, 5.41) is 0. The second-order valence-corrected chi connectivity index (χ2v) is 34.1. The second-order valence-electron chi connectivity index (χ2n) is 27.9. The highest BCUT2D eigenvalue weighted by Gasteiger charge is 2.49. The standard InChI is InChI=1S/C96H90N3O36P3/c1-106-73-43-55(44-74(107-2)85(73)118-13)91(100)124-61-19-31-67(32-20-61)130-136(131-68-33-21-62(22-34-68)125-92(101)56-45-75(108-3)86(119-14)76(46-56)109-4)97-137(132-69-35-23-63(24-36-69)126-93(102)57-47-77(110-5)87(120-15)78(48-57)111-6,133-70-37-25-64(26-38-70)127-94(103)58-49-79(112-7)88(121-16)80(50-58)113-8)99-138(98-136,134-71-39-27-65(28-40-71)128-95(104)59-51-81(114-9)89(122-17)82(52-59)115-10)135-72-41-29-66(30-42-72)129-96(105)60-53-83(116-11)90(123-18)84(54-60)117-12/h19-54H,1-18H3. The molecule has 12 aromatic rings. The lowest BCUT2D eigenvalue weighted by molar-refractivity contribution is 0.0724. The summed E-state index contributed by atoms with van der Waals surface area (Å²) in [5.41, 5.74) is -0.0585. The van der Waals surface area contributed by atoms with Gasteiger partial charge in [-0.1, -0.05) is 13.5 Å². The van der Waals surface area contributed by atoms with Crippen molar-refractivity contribution < 1.29 is 170 Å². The van der Waals surface area contributed by atoms with Crippen LogP contribution >= 0.6 is 23.0 Å². The summed E-state index contributed by atoms with van der Waals surface area (Å²) < 4.78 is 195. The number of rotatable bonds is 42. The van der Waals surface area contributed by atoms with Crippen LogP contribution in [0.5, 0.6) is 172 Å². The topological polar surface area (TPSA) is 416 Å². The number of methoxy groups -OCH3 is 18. The Kier molecular flexibility index (Phi) is 31.8. The number of carbonyl (C=O) groups excluding carboxylic acids is 6. The highest BCUT2D eigenvalue weighted by Crippen LogP contribution is 2.79. The average Bonchev–Trinajstić information content (AvgIpc) is 0.726. The number of nitrogens with zero attached hydrogens (tertiary/aromatic N) is 3. The van der Waals surface area contributed by atoms with Gasteiger partial charge in [0.1, 0.15) is 69.0 Å². The fourth-order valence-electron chi connectivity index (χ4n) is 13.2. The molecule has 138 heavy (non-hydrogen) atoms. The van der Waals surface area contributed by atoms with E-state index in [1.54, 1.807) is 0 Å². The molecule has 1 heterocycles. The predicted molar refractivity (Wildman–Crippen MR) is 497 cm³/mol. The van der Waals surface area contributed by atoms with Crippen LogP contribution in [-0.2, 0) is 0 Å². The fraction of sp³-hybridized carbons (Fsp3) is 0.188. The molecule has 0 amide bonds. The minimum absolute atomic E-state index is 0.00975. The van der Waals surface area contributed by atoms with Crippen molar-refractivity contribution >= 4 is 58.8 Å². The van der Waals surface area contributed by atoms with Crippen molar-refractivity contribution in [3.05, 3.63) is 252 Å². The maximum Gasteiger partial charge on any atom is 0.460 e. The van der Waals surface area contributed by atoms with Gasteiger partial charge >= 0.3 is 58.8 Å². The third-order valence-corrected chi connectivity index (χ3v) is 27.7. The zero-order valence-corrected chi connectivity index (χ0v) is 79.8. The molecule has 0 aliphatic carbocycles. The quantitative estimate of drug-likeness (QED) is 0.0195. The number of hydrogen-bond acceptors (Lipinski definition) is 39. The van der Waals surface area contributed by atoms with Gasteiger partial charge in [0.25, 0.3) is 0 Å². The zero-order chi connectivity index (χ0) is 98.5. The SMILES string of the molecule is COc1cc(C(=O)Oc2ccc(OP3(Oc4ccc(OC(=O)c5cc(OC)c(OC)c(OC)c5)cc4)=NP(Oc4ccc(OC(=O)c5cc(OC)c(OC)c(OC)c5)cc4)(Oc4ccc(OC(=O)c5cc(OC)c(OC)c(OC)c5)cc4)=NP(Oc4ccc(OC(=O)c5cc(OC)c(OC)c(OC)c5)cc4)(Oc4ccc(OC(=O)c5cc(OC)c(OC)c(OC)c5)cc4)=N3)cc2)cc(OC)c1OC. The molecule has 0 saturated carbocycles. The number of carbonyl (C=O) groups is 6. The van der Waals surface area contributed by atoms with E-state index in [-0.39, 0.29) is 206 Å². The monoisotopic (exact) mass is 1950 g/mol. The molecule has 12 aromatic carbocycles. The first kappa shape index (κ1) is 98.8. The van der Waals surface area contributed by atoms with E-state index in [0.717, 1.165) is 0 Å². The van der Waals surface area contributed by atoms with Crippen LogP contribution in [0.4, 0.5) is 0 Å². The Morgan fingerprint density at radius 1 is 0.159 bits per heavy atom. The van der Waals surface area contributed by atoms with Crippen molar-refractivity contribution in [2.45, 2.75) is 0 Å². The molecule has 0 radical (unpaired) electrons. The van der Waals surface area contributed by atoms with Crippen LogP contribution in [0.2, 0.25) is 0 Å². The van der Waals surface area contributed by atoms with E-state index in [2.05, 4.69) is 0 Å². The van der Waals surface area contributed by atoms with Crippen molar-refractivity contribution in [1.29, 1.82) is 0 Å². The molecule has 0 atom stereocenters. The molecule has 39 nitrogen and oxygen atoms in total. The van der Waals surface area contributed by atoms with Gasteiger partial charge in [-0.05, 0) is 218 Å². The summed E-state index contributed by atoms with van der Waals surface area (Å²) in [4.78, 5) is 85.5. The van der Waals surface area contributed by atoms with Gasteiger partial charge in [-0.15, -0.1) is 0 Å². The third kappa shape index (κ3) is 22.7. The molecule has 0 saturated heterocycles. The van der Waals surface area contributed by atoms with Gasteiger partial charge < -0.3 is 141 Å². The van der Waals surface area contributed by atoms with Crippen LogP contribution in [0.15, 0.2) is 232 Å². The normalized spacial score (nSPS) is 12.2. The van der Waals surface area contributed by atoms with E-state index in [4.69, 9.17) is 154 Å². The zero-order valence-electron chi connectivity index (χ0n) is 77.2. The molecule has 0 aromatic heterocycles. The van der Waals surface area contributed by atoms with Crippen LogP contribution in [0.25, 0.3) is 0 Å². The van der Waals surface area contributed by atoms with Crippen LogP contribution in [0, 0.1) is 0 Å². The molecule has 0 bridgehead atoms. The maximum absolute atomic E-state index is 14.2. The van der Waals surface area contributed by atoms with Gasteiger partial charge in [0.2, 0.25) is 34.5 Å². The van der Waals surface area contributed by atoms with Crippen molar-refractivity contribution in [3.63, 3.8) is 0 Å². The summed E-state index contributed by atoms with van der Waals surface area (Å²) in [6.45, 7) is 0. The average molecular weight is 1950 g/mol. The lowest BCUT2D eigenvalue weighted by Crippen LogP contribution is -2.12. The van der Waals surface area contributed by atoms with E-state index in [0.29, 0.717) is 0 Å². The summed E-state index contributed by atoms with van der Waals surface area (Å²) in [7, 11) is 9.60. The lowest BCUT2D eigenvalue weighted by atomic mass is 10.2. The van der Waals surface area contributed by atoms with Gasteiger partial charge in [-0.3, -0.25) is 0 Å². The van der Waals surface area contributed by atoms with E-state index in [1.165, 1.54) is 346 Å². The lowest BCUT2D eigenvalue weighted by Gasteiger charge is -2.33. The van der Waals surface area contributed by atoms with Gasteiger partial charge in [-0.2, -0.15) is 0 Å². The fourth-order valence-corrected chi connectivity index (χ4v) is 22.2. The van der Waals surface area contributed by atoms with Crippen molar-refractivity contribution in [2.24, 2.45) is 13.5 Å². The first-order valence-corrected chi connectivity index (χ1v) is 45.2. The molecule has 13 rings (SSSR count). The van der Waals surface area contributed by atoms with Gasteiger partial charge in [-0.25, -0.2) is 28.8 Å². The summed E-state index contributed by atoms with van der Waals surface area (Å²) in [6.07, 6.45) is 0. The Morgan fingerprint density at radius 3 is 0.355 bits per heavy atom. The molecule has 0 N–H and O–H groups in total. The summed E-state index contributed by atoms with van der Waals surface area (Å²) >= 11 is 0. The molecule has 0 unspecified atom stereocenters. The molecular formula is C96H90N3O36P3.